The Labute approximate surface area is 122 Å². The van der Waals surface area contributed by atoms with E-state index in [4.69, 9.17) is 0 Å². The zero-order valence-electron chi connectivity index (χ0n) is 13.1. The SMILES string of the molecule is CC(C)CC(C)N(C)c1cccc(F)c1CNC1CC1. The van der Waals surface area contributed by atoms with Crippen LogP contribution in [-0.4, -0.2) is 19.1 Å². The van der Waals surface area contributed by atoms with Gasteiger partial charge < -0.3 is 10.2 Å². The number of nitrogens with one attached hydrogen (secondary N) is 1. The lowest BCUT2D eigenvalue weighted by atomic mass is 10.0. The average Bonchev–Trinajstić information content (AvgIpc) is 3.19. The van der Waals surface area contributed by atoms with E-state index < -0.39 is 0 Å². The van der Waals surface area contributed by atoms with E-state index in [0.717, 1.165) is 17.7 Å². The maximum absolute atomic E-state index is 14.1. The fourth-order valence-electron chi connectivity index (χ4n) is 2.66. The van der Waals surface area contributed by atoms with Gasteiger partial charge in [-0.2, -0.15) is 0 Å². The van der Waals surface area contributed by atoms with Gasteiger partial charge in [-0.15, -0.1) is 0 Å². The molecule has 1 aromatic rings. The van der Waals surface area contributed by atoms with E-state index in [-0.39, 0.29) is 5.82 Å². The minimum atomic E-state index is -0.0979. The van der Waals surface area contributed by atoms with E-state index in [1.807, 2.05) is 12.1 Å². The Morgan fingerprint density at radius 1 is 1.30 bits per heavy atom. The van der Waals surface area contributed by atoms with Gasteiger partial charge >= 0.3 is 0 Å². The van der Waals surface area contributed by atoms with Crippen LogP contribution < -0.4 is 10.2 Å². The number of nitrogens with zero attached hydrogens (tertiary/aromatic N) is 1. The van der Waals surface area contributed by atoms with Gasteiger partial charge in [0.15, 0.2) is 0 Å². The van der Waals surface area contributed by atoms with Crippen molar-refractivity contribution in [1.29, 1.82) is 0 Å². The summed E-state index contributed by atoms with van der Waals surface area (Å²) in [6.07, 6.45) is 3.56. The van der Waals surface area contributed by atoms with Gasteiger partial charge in [0.1, 0.15) is 5.82 Å². The third-order valence-corrected chi connectivity index (χ3v) is 4.09. The van der Waals surface area contributed by atoms with Crippen LogP contribution >= 0.6 is 0 Å². The van der Waals surface area contributed by atoms with Gasteiger partial charge in [0, 0.05) is 36.9 Å². The van der Waals surface area contributed by atoms with Gasteiger partial charge in [-0.3, -0.25) is 0 Å². The van der Waals surface area contributed by atoms with Gasteiger partial charge in [0.25, 0.3) is 0 Å². The molecular formula is C17H27FN2. The molecule has 0 heterocycles. The molecule has 1 aliphatic carbocycles. The van der Waals surface area contributed by atoms with Crippen molar-refractivity contribution in [1.82, 2.24) is 5.32 Å². The molecule has 20 heavy (non-hydrogen) atoms. The molecule has 112 valence electrons. The molecule has 2 rings (SSSR count). The number of rotatable bonds is 7. The summed E-state index contributed by atoms with van der Waals surface area (Å²) < 4.78 is 14.1. The van der Waals surface area contributed by atoms with Crippen LogP contribution in [0.2, 0.25) is 0 Å². The van der Waals surface area contributed by atoms with Crippen LogP contribution in [0.4, 0.5) is 10.1 Å². The number of hydrogen-bond acceptors (Lipinski definition) is 2. The molecule has 0 aliphatic heterocycles. The Kier molecular flexibility index (Phi) is 5.03. The van der Waals surface area contributed by atoms with E-state index >= 15 is 0 Å². The van der Waals surface area contributed by atoms with Crippen molar-refractivity contribution in [2.75, 3.05) is 11.9 Å². The van der Waals surface area contributed by atoms with Crippen molar-refractivity contribution < 1.29 is 4.39 Å². The predicted octanol–water partition coefficient (Wildman–Crippen LogP) is 3.95. The van der Waals surface area contributed by atoms with Crippen LogP contribution in [0.3, 0.4) is 0 Å². The topological polar surface area (TPSA) is 15.3 Å². The van der Waals surface area contributed by atoms with Crippen molar-refractivity contribution in [2.45, 2.75) is 58.7 Å². The summed E-state index contributed by atoms with van der Waals surface area (Å²) in [5.41, 5.74) is 1.82. The molecule has 1 atom stereocenters. The summed E-state index contributed by atoms with van der Waals surface area (Å²) in [4.78, 5) is 2.22. The lowest BCUT2D eigenvalue weighted by Crippen LogP contribution is -2.32. The van der Waals surface area contributed by atoms with Crippen LogP contribution in [0.5, 0.6) is 0 Å². The third kappa shape index (κ3) is 3.95. The van der Waals surface area contributed by atoms with Crippen LogP contribution in [0.1, 0.15) is 45.6 Å². The monoisotopic (exact) mass is 278 g/mol. The molecule has 1 fully saturated rings. The lowest BCUT2D eigenvalue weighted by molar-refractivity contribution is 0.501. The molecule has 0 bridgehead atoms. The first-order valence-electron chi connectivity index (χ1n) is 7.72. The molecule has 0 amide bonds. The molecule has 0 saturated heterocycles. The van der Waals surface area contributed by atoms with E-state index in [1.54, 1.807) is 6.07 Å². The summed E-state index contributed by atoms with van der Waals surface area (Å²) in [7, 11) is 2.07. The maximum atomic E-state index is 14.1. The molecule has 3 heteroatoms. The van der Waals surface area contributed by atoms with E-state index in [2.05, 4.69) is 38.0 Å². The first-order valence-corrected chi connectivity index (χ1v) is 7.72. The Morgan fingerprint density at radius 3 is 2.60 bits per heavy atom. The average molecular weight is 278 g/mol. The van der Waals surface area contributed by atoms with E-state index in [9.17, 15) is 4.39 Å². The van der Waals surface area contributed by atoms with Crippen molar-refractivity contribution in [3.8, 4) is 0 Å². The van der Waals surface area contributed by atoms with Gasteiger partial charge in [-0.05, 0) is 44.2 Å². The highest BCUT2D eigenvalue weighted by molar-refractivity contribution is 5.54. The van der Waals surface area contributed by atoms with Gasteiger partial charge in [-0.1, -0.05) is 19.9 Å². The van der Waals surface area contributed by atoms with Crippen molar-refractivity contribution in [2.24, 2.45) is 5.92 Å². The van der Waals surface area contributed by atoms with Crippen LogP contribution in [0.25, 0.3) is 0 Å². The Morgan fingerprint density at radius 2 is 2.00 bits per heavy atom. The molecule has 1 saturated carbocycles. The summed E-state index contributed by atoms with van der Waals surface area (Å²) in [5, 5.41) is 3.42. The maximum Gasteiger partial charge on any atom is 0.129 e. The highest BCUT2D eigenvalue weighted by Crippen LogP contribution is 2.27. The quantitative estimate of drug-likeness (QED) is 0.812. The molecule has 1 aromatic carbocycles. The molecule has 2 nitrogen and oxygen atoms in total. The standard InChI is InChI=1S/C17H27FN2/c1-12(2)10-13(3)20(4)17-7-5-6-16(18)15(17)11-19-14-8-9-14/h5-7,12-14,19H,8-11H2,1-4H3. The lowest BCUT2D eigenvalue weighted by Gasteiger charge is -2.30. The molecule has 0 radical (unpaired) electrons. The minimum Gasteiger partial charge on any atom is -0.372 e. The second-order valence-electron chi connectivity index (χ2n) is 6.48. The molecular weight excluding hydrogens is 251 g/mol. The highest BCUT2D eigenvalue weighted by Gasteiger charge is 2.22. The number of halogens is 1. The molecule has 1 unspecified atom stereocenters. The zero-order valence-corrected chi connectivity index (χ0v) is 13.1. The second-order valence-corrected chi connectivity index (χ2v) is 6.48. The van der Waals surface area contributed by atoms with Crippen LogP contribution in [0, 0.1) is 11.7 Å². The Hall–Kier alpha value is -1.09. The molecule has 1 N–H and O–H groups in total. The van der Waals surface area contributed by atoms with Gasteiger partial charge in [0.2, 0.25) is 0 Å². The van der Waals surface area contributed by atoms with Gasteiger partial charge in [-0.25, -0.2) is 4.39 Å². The first-order chi connectivity index (χ1) is 9.49. The van der Waals surface area contributed by atoms with Crippen LogP contribution in [0.15, 0.2) is 18.2 Å². The van der Waals surface area contributed by atoms with E-state index in [0.29, 0.717) is 24.5 Å². The van der Waals surface area contributed by atoms with Crippen LogP contribution in [-0.2, 0) is 6.54 Å². The number of benzene rings is 1. The summed E-state index contributed by atoms with van der Waals surface area (Å²) >= 11 is 0. The van der Waals surface area contributed by atoms with Crippen molar-refractivity contribution in [3.05, 3.63) is 29.6 Å². The second kappa shape index (κ2) is 6.57. The summed E-state index contributed by atoms with van der Waals surface area (Å²) in [6.45, 7) is 7.30. The van der Waals surface area contributed by atoms with Crippen molar-refractivity contribution in [3.63, 3.8) is 0 Å². The normalized spacial score (nSPS) is 16.5. The largest absolute Gasteiger partial charge is 0.372 e. The minimum absolute atomic E-state index is 0.0979. The summed E-state index contributed by atoms with van der Waals surface area (Å²) in [5.74, 6) is 0.549. The zero-order chi connectivity index (χ0) is 14.7. The van der Waals surface area contributed by atoms with Crippen molar-refractivity contribution >= 4 is 5.69 Å². The predicted molar refractivity (Wildman–Crippen MR) is 83.6 cm³/mol. The summed E-state index contributed by atoms with van der Waals surface area (Å²) in [6, 6.07) is 6.42. The molecule has 0 aromatic heterocycles. The van der Waals surface area contributed by atoms with E-state index in [1.165, 1.54) is 12.8 Å². The Bertz CT molecular complexity index is 441. The smallest absolute Gasteiger partial charge is 0.129 e. The van der Waals surface area contributed by atoms with Gasteiger partial charge in [0.05, 0.1) is 0 Å². The fourth-order valence-corrected chi connectivity index (χ4v) is 2.66. The highest BCUT2D eigenvalue weighted by atomic mass is 19.1. The molecule has 1 aliphatic rings. The first kappa shape index (κ1) is 15.3. The fraction of sp³-hybridized carbons (Fsp3) is 0.647. The Balaban J connectivity index is 2.13. The third-order valence-electron chi connectivity index (χ3n) is 4.09. The number of hydrogen-bond donors (Lipinski definition) is 1. The molecule has 0 spiro atoms. The number of anilines is 1.